The summed E-state index contributed by atoms with van der Waals surface area (Å²) in [5, 5.41) is 20.8. The number of aromatic nitrogens is 5. The van der Waals surface area contributed by atoms with E-state index in [9.17, 15) is 19.5 Å². The van der Waals surface area contributed by atoms with Gasteiger partial charge in [0.25, 0.3) is 0 Å². The predicted molar refractivity (Wildman–Crippen MR) is 354 cm³/mol. The van der Waals surface area contributed by atoms with Crippen LogP contribution in [0.1, 0.15) is 128 Å². The van der Waals surface area contributed by atoms with E-state index in [2.05, 4.69) is 48.0 Å². The first-order valence-corrected chi connectivity index (χ1v) is 34.1. The number of pyridine rings is 1. The minimum Gasteiger partial charge on any atom is -0.468 e. The number of rotatable bonds is 19. The van der Waals surface area contributed by atoms with E-state index in [0.29, 0.717) is 59.8 Å². The van der Waals surface area contributed by atoms with Crippen molar-refractivity contribution in [3.05, 3.63) is 101 Å². The Morgan fingerprint density at radius 3 is 2.40 bits per heavy atom. The second kappa shape index (κ2) is 26.3. The number of hydrogen-bond acceptors (Lipinski definition) is 19. The highest BCUT2D eigenvalue weighted by molar-refractivity contribution is 7.13. The molecular weight excluding hydrogens is 1200 g/mol. The Balaban J connectivity index is 0.682. The number of carbonyl (C=O) groups is 3. The number of nitrogens with one attached hydrogen (secondary N) is 1. The number of halogens is 1. The third-order valence-electron chi connectivity index (χ3n) is 20.1. The summed E-state index contributed by atoms with van der Waals surface area (Å²) >= 11 is 1.59. The number of amides is 3. The van der Waals surface area contributed by atoms with Crippen LogP contribution in [0.15, 0.2) is 76.9 Å². The van der Waals surface area contributed by atoms with Crippen molar-refractivity contribution in [1.29, 1.82) is 0 Å². The molecule has 7 aromatic rings. The van der Waals surface area contributed by atoms with E-state index in [1.807, 2.05) is 113 Å². The molecule has 0 saturated carbocycles. The Morgan fingerprint density at radius 2 is 1.69 bits per heavy atom. The van der Waals surface area contributed by atoms with Crippen LogP contribution in [0.25, 0.3) is 43.4 Å². The maximum Gasteiger partial charge on any atom is 0.410 e. The molecule has 21 nitrogen and oxygen atoms in total. The van der Waals surface area contributed by atoms with Crippen molar-refractivity contribution in [2.24, 2.45) is 5.92 Å². The molecule has 1 unspecified atom stereocenters. The lowest BCUT2D eigenvalue weighted by molar-refractivity contribution is -0.141. The lowest BCUT2D eigenvalue weighted by Crippen LogP contribution is -2.57. The normalized spacial score (nSPS) is 23.3. The molecule has 2 N–H and O–H groups in total. The van der Waals surface area contributed by atoms with Crippen molar-refractivity contribution in [3.63, 3.8) is 0 Å². The first-order valence-electron chi connectivity index (χ1n) is 33.2. The standard InChI is InChI=1S/C70H87FN12O9S/c1-10-44-13-11-14-47-29-52(90-40-88-9)31-53(59(44)47)61-60(71)62-54(33-72-61)64(80-35-49-19-20-50(36-80)83(49)68(87)91-69(6,7)8)76-67(75-62)89-38-70-22-12-24-82(70)48(21-23-70)34-78-25-27-79(28-26-78)57-32-56(92-77-57)58(41(2)3)66(86)81-37-51(84)30-55(81)65(85)74-42(4)45-15-17-46(18-16-45)63-43(5)73-39-93-63/h11,13-18,29,31-33,39,41-42,48-51,55,58,84H,10,12,19-28,30,34-38,40H2,1-9H3,(H,74,85)/t42-,48-,49-,50+,51+,55-,58?,70-/m0/s1. The molecule has 23 heteroatoms. The molecule has 3 aromatic carbocycles. The molecule has 13 rings (SSSR count). The van der Waals surface area contributed by atoms with Crippen molar-refractivity contribution < 1.29 is 47.4 Å². The number of fused-ring (bicyclic) bond motifs is 5. The Bertz CT molecular complexity index is 3880. The number of ether oxygens (including phenoxy) is 4. The van der Waals surface area contributed by atoms with Gasteiger partial charge in [-0.3, -0.25) is 29.3 Å². The molecular formula is C70H87FN12O9S. The fraction of sp³-hybridized carbons (Fsp3) is 0.543. The number of hydrogen-bond donors (Lipinski definition) is 2. The highest BCUT2D eigenvalue weighted by Gasteiger charge is 2.51. The number of carbonyl (C=O) groups excluding carboxylic acids is 3. The Hall–Kier alpha value is -7.57. The van der Waals surface area contributed by atoms with E-state index in [-0.39, 0.29) is 84.5 Å². The van der Waals surface area contributed by atoms with Crippen LogP contribution < -0.4 is 24.6 Å². The molecule has 2 bridgehead atoms. The number of piperazine rings is 2. The number of nitrogens with zero attached hydrogens (tertiary/aromatic N) is 11. The monoisotopic (exact) mass is 1290 g/mol. The maximum absolute atomic E-state index is 17.9. The lowest BCUT2D eigenvalue weighted by Gasteiger charge is -2.42. The summed E-state index contributed by atoms with van der Waals surface area (Å²) in [5.41, 5.74) is 5.79. The lowest BCUT2D eigenvalue weighted by atomic mass is 9.91. The molecule has 0 radical (unpaired) electrons. The molecule has 494 valence electrons. The summed E-state index contributed by atoms with van der Waals surface area (Å²) in [6.45, 7) is 21.8. The highest BCUT2D eigenvalue weighted by Crippen LogP contribution is 2.45. The van der Waals surface area contributed by atoms with E-state index >= 15 is 4.39 Å². The van der Waals surface area contributed by atoms with Gasteiger partial charge in [-0.15, -0.1) is 11.3 Å². The fourth-order valence-corrected chi connectivity index (χ4v) is 16.3. The molecule has 6 aliphatic rings. The van der Waals surface area contributed by atoms with Gasteiger partial charge in [0, 0.05) is 89.8 Å². The molecule has 0 aliphatic carbocycles. The van der Waals surface area contributed by atoms with Crippen LogP contribution in [-0.2, 0) is 25.5 Å². The number of aryl methyl sites for hydroxylation is 2. The van der Waals surface area contributed by atoms with Gasteiger partial charge in [0.1, 0.15) is 46.9 Å². The quantitative estimate of drug-likeness (QED) is 0.0720. The van der Waals surface area contributed by atoms with E-state index in [0.717, 1.165) is 122 Å². The highest BCUT2D eigenvalue weighted by atomic mass is 32.1. The maximum atomic E-state index is 17.9. The zero-order valence-corrected chi connectivity index (χ0v) is 55.7. The molecule has 8 atom stereocenters. The number of aliphatic hydroxyl groups is 1. The number of anilines is 2. The van der Waals surface area contributed by atoms with Gasteiger partial charge in [0.2, 0.25) is 11.8 Å². The van der Waals surface area contributed by atoms with Crippen molar-refractivity contribution in [1.82, 2.24) is 50.0 Å². The Kier molecular flexibility index (Phi) is 18.2. The summed E-state index contributed by atoms with van der Waals surface area (Å²) in [6, 6.07) is 18.7. The number of likely N-dealkylation sites (tertiary alicyclic amines) is 1. The zero-order valence-electron chi connectivity index (χ0n) is 54.9. The number of aliphatic hydroxyl groups excluding tert-OH is 1. The van der Waals surface area contributed by atoms with Crippen molar-refractivity contribution >= 4 is 62.6 Å². The van der Waals surface area contributed by atoms with Crippen LogP contribution in [0.2, 0.25) is 0 Å². The van der Waals surface area contributed by atoms with Gasteiger partial charge >= 0.3 is 12.1 Å². The van der Waals surface area contributed by atoms with Crippen LogP contribution in [0, 0.1) is 18.7 Å². The first-order chi connectivity index (χ1) is 44.8. The topological polar surface area (TPSA) is 217 Å². The minimum absolute atomic E-state index is 0.0223. The molecule has 4 aromatic heterocycles. The molecule has 6 saturated heterocycles. The SMILES string of the molecule is CCc1cccc2cc(OCOC)cc(-c3ncc4c(N5C[C@H]6CC[C@@H](C5)N6C(=O)OC(C)(C)C)nc(OC[C@@]56CCCN5[C@H](CN5CCN(c7cc(C(C(=O)N8C[C@H](O)C[C@H]8C(=O)N[C@@H](C)c8ccc(-c9scnc9C)cc8)C(C)C)on7)CC5)CC6)nc4c3F)c12. The molecule has 6 aliphatic heterocycles. The van der Waals surface area contributed by atoms with E-state index < -0.39 is 29.5 Å². The third kappa shape index (κ3) is 12.8. The Morgan fingerprint density at radius 1 is 0.914 bits per heavy atom. The van der Waals surface area contributed by atoms with Crippen LogP contribution in [0.3, 0.4) is 0 Å². The van der Waals surface area contributed by atoms with Gasteiger partial charge in [0.15, 0.2) is 24.2 Å². The fourth-order valence-electron chi connectivity index (χ4n) is 15.5. The van der Waals surface area contributed by atoms with E-state index in [1.165, 1.54) is 4.90 Å². The molecule has 0 spiro atoms. The second-order valence-corrected chi connectivity index (χ2v) is 28.6. The molecule has 10 heterocycles. The van der Waals surface area contributed by atoms with Gasteiger partial charge < -0.3 is 48.6 Å². The zero-order chi connectivity index (χ0) is 65.0. The van der Waals surface area contributed by atoms with Gasteiger partial charge in [-0.1, -0.05) is 68.4 Å². The summed E-state index contributed by atoms with van der Waals surface area (Å²) in [7, 11) is 1.56. The van der Waals surface area contributed by atoms with Crippen molar-refractivity contribution in [2.75, 3.05) is 89.2 Å². The van der Waals surface area contributed by atoms with E-state index in [4.69, 9.17) is 38.4 Å². The third-order valence-corrected chi connectivity index (χ3v) is 21.1. The minimum atomic E-state index is -0.842. The van der Waals surface area contributed by atoms with Crippen LogP contribution in [-0.4, -0.2) is 189 Å². The van der Waals surface area contributed by atoms with Gasteiger partial charge in [-0.25, -0.2) is 14.2 Å². The molecule has 6 fully saturated rings. The summed E-state index contributed by atoms with van der Waals surface area (Å²) < 4.78 is 47.9. The number of benzene rings is 3. The largest absolute Gasteiger partial charge is 0.468 e. The molecule has 93 heavy (non-hydrogen) atoms. The van der Waals surface area contributed by atoms with Crippen LogP contribution in [0.4, 0.5) is 20.8 Å². The van der Waals surface area contributed by atoms with Crippen molar-refractivity contribution in [2.45, 2.75) is 160 Å². The first kappa shape index (κ1) is 64.2. The van der Waals surface area contributed by atoms with E-state index in [1.54, 1.807) is 24.6 Å². The average Bonchev–Trinajstić information content (AvgIpc) is 1.39. The average molecular weight is 1290 g/mol. The molecule has 3 amide bonds. The van der Waals surface area contributed by atoms with Crippen LogP contribution in [0.5, 0.6) is 11.8 Å². The summed E-state index contributed by atoms with van der Waals surface area (Å²) in [5.74, 6) is 0.0921. The number of β-amino-alcohol motifs (C(OH)–C–C–N with tert-alkyl or cyclic N) is 1. The van der Waals surface area contributed by atoms with Gasteiger partial charge in [-0.2, -0.15) is 9.97 Å². The van der Waals surface area contributed by atoms with Crippen molar-refractivity contribution in [3.8, 4) is 33.5 Å². The summed E-state index contributed by atoms with van der Waals surface area (Å²) in [6.07, 6.45) is 6.91. The second-order valence-electron chi connectivity index (χ2n) is 27.7. The smallest absolute Gasteiger partial charge is 0.410 e. The van der Waals surface area contributed by atoms with Crippen LogP contribution >= 0.6 is 11.3 Å². The Labute approximate surface area is 546 Å². The summed E-state index contributed by atoms with van der Waals surface area (Å²) in [4.78, 5) is 75.6. The number of methoxy groups -OCH3 is 1. The predicted octanol–water partition coefficient (Wildman–Crippen LogP) is 10.3. The number of thiazole rings is 1. The van der Waals surface area contributed by atoms with Gasteiger partial charge in [-0.05, 0) is 132 Å². The van der Waals surface area contributed by atoms with Gasteiger partial charge in [0.05, 0.1) is 51.2 Å².